The fraction of sp³-hybridized carbons (Fsp3) is 0.556. The summed E-state index contributed by atoms with van der Waals surface area (Å²) in [6, 6.07) is 10.1. The van der Waals surface area contributed by atoms with E-state index in [0.717, 1.165) is 30.9 Å². The van der Waals surface area contributed by atoms with E-state index in [0.29, 0.717) is 19.6 Å². The molecule has 0 aromatic heterocycles. The number of nitrogens with zero attached hydrogens (tertiary/aromatic N) is 1. The second-order valence-corrected chi connectivity index (χ2v) is 5.85. The zero-order chi connectivity index (χ0) is 17.2. The van der Waals surface area contributed by atoms with Gasteiger partial charge >= 0.3 is 0 Å². The Morgan fingerprint density at radius 3 is 2.48 bits per heavy atom. The molecule has 25 heavy (non-hydrogen) atoms. The first-order chi connectivity index (χ1) is 11.7. The minimum absolute atomic E-state index is 0. The number of carbonyl (C=O) groups is 1. The molecule has 3 N–H and O–H groups in total. The summed E-state index contributed by atoms with van der Waals surface area (Å²) in [4.78, 5) is 16.2. The van der Waals surface area contributed by atoms with Crippen LogP contribution in [0, 0.1) is 5.92 Å². The lowest BCUT2D eigenvalue weighted by Gasteiger charge is -2.16. The van der Waals surface area contributed by atoms with Gasteiger partial charge in [0, 0.05) is 32.7 Å². The van der Waals surface area contributed by atoms with Crippen molar-refractivity contribution >= 4 is 35.8 Å². The number of nitrogens with one attached hydrogen (secondary N) is 3. The van der Waals surface area contributed by atoms with E-state index >= 15 is 0 Å². The van der Waals surface area contributed by atoms with Crippen molar-refractivity contribution in [1.82, 2.24) is 16.0 Å². The fourth-order valence-electron chi connectivity index (χ4n) is 2.36. The normalized spacial score (nSPS) is 15.0. The number of methoxy groups -OCH3 is 1. The predicted molar refractivity (Wildman–Crippen MR) is 111 cm³/mol. The number of hydrogen-bond donors (Lipinski definition) is 3. The first-order valence-electron chi connectivity index (χ1n) is 8.62. The van der Waals surface area contributed by atoms with Crippen molar-refractivity contribution in [2.45, 2.75) is 25.9 Å². The molecule has 1 unspecified atom stereocenters. The lowest BCUT2D eigenvalue weighted by molar-refractivity contribution is -0.122. The number of amides is 1. The molecule has 0 radical (unpaired) electrons. The van der Waals surface area contributed by atoms with Crippen molar-refractivity contribution in [3.8, 4) is 0 Å². The molecule has 1 atom stereocenters. The highest BCUT2D eigenvalue weighted by Crippen LogP contribution is 2.28. The van der Waals surface area contributed by atoms with Crippen LogP contribution >= 0.6 is 24.0 Å². The summed E-state index contributed by atoms with van der Waals surface area (Å²) < 4.78 is 5.54. The summed E-state index contributed by atoms with van der Waals surface area (Å²) in [6.07, 6.45) is 1.99. The predicted octanol–water partition coefficient (Wildman–Crippen LogP) is 2.07. The Labute approximate surface area is 167 Å². The van der Waals surface area contributed by atoms with E-state index in [9.17, 15) is 4.79 Å². The van der Waals surface area contributed by atoms with Crippen LogP contribution in [0.3, 0.4) is 0 Å². The van der Waals surface area contributed by atoms with Gasteiger partial charge in [-0.05, 0) is 25.3 Å². The van der Waals surface area contributed by atoms with Crippen molar-refractivity contribution in [3.05, 3.63) is 35.9 Å². The molecule has 0 bridgehead atoms. The number of hydrogen-bond acceptors (Lipinski definition) is 3. The Morgan fingerprint density at radius 2 is 1.88 bits per heavy atom. The van der Waals surface area contributed by atoms with Gasteiger partial charge in [0.15, 0.2) is 5.96 Å². The summed E-state index contributed by atoms with van der Waals surface area (Å²) in [7, 11) is 1.70. The van der Waals surface area contributed by atoms with Crippen LogP contribution in [-0.4, -0.2) is 45.2 Å². The molecule has 7 heteroatoms. The van der Waals surface area contributed by atoms with Gasteiger partial charge in [0.05, 0.1) is 6.54 Å². The van der Waals surface area contributed by atoms with E-state index in [4.69, 9.17) is 4.74 Å². The number of halogens is 1. The van der Waals surface area contributed by atoms with E-state index < -0.39 is 0 Å². The van der Waals surface area contributed by atoms with Crippen LogP contribution in [0.4, 0.5) is 0 Å². The molecule has 0 heterocycles. The molecule has 1 fully saturated rings. The van der Waals surface area contributed by atoms with Crippen LogP contribution in [0.25, 0.3) is 0 Å². The average molecular weight is 460 g/mol. The molecule has 1 aromatic rings. The second kappa shape index (κ2) is 12.1. The molecule has 140 valence electrons. The van der Waals surface area contributed by atoms with Gasteiger partial charge in [0.2, 0.25) is 5.91 Å². The topological polar surface area (TPSA) is 74.8 Å². The summed E-state index contributed by atoms with van der Waals surface area (Å²) in [5, 5.41) is 9.38. The molecule has 0 aliphatic heterocycles. The van der Waals surface area contributed by atoms with E-state index in [1.54, 1.807) is 7.11 Å². The monoisotopic (exact) mass is 460 g/mol. The highest BCUT2D eigenvalue weighted by Gasteiger charge is 2.28. The van der Waals surface area contributed by atoms with E-state index in [1.807, 2.05) is 37.3 Å². The highest BCUT2D eigenvalue weighted by molar-refractivity contribution is 14.0. The SMILES string of the molecule is CCNC(=NCC(OC)c1ccccc1)NCCNC(=O)C1CC1.I. The number of benzene rings is 1. The quantitative estimate of drug-likeness (QED) is 0.228. The fourth-order valence-corrected chi connectivity index (χ4v) is 2.36. The Bertz CT molecular complexity index is 535. The third-order valence-corrected chi connectivity index (χ3v) is 3.88. The van der Waals surface area contributed by atoms with Crippen molar-refractivity contribution in [3.63, 3.8) is 0 Å². The van der Waals surface area contributed by atoms with Gasteiger partial charge in [-0.15, -0.1) is 24.0 Å². The van der Waals surface area contributed by atoms with Crippen LogP contribution in [0.1, 0.15) is 31.4 Å². The molecule has 1 aliphatic rings. The lowest BCUT2D eigenvalue weighted by Crippen LogP contribution is -2.42. The molecule has 6 nitrogen and oxygen atoms in total. The highest BCUT2D eigenvalue weighted by atomic mass is 127. The molecule has 1 saturated carbocycles. The molecule has 1 amide bonds. The molecule has 1 aliphatic carbocycles. The summed E-state index contributed by atoms with van der Waals surface area (Å²) in [5.41, 5.74) is 1.11. The van der Waals surface area contributed by atoms with Gasteiger partial charge in [-0.25, -0.2) is 0 Å². The van der Waals surface area contributed by atoms with Crippen LogP contribution in [-0.2, 0) is 9.53 Å². The molecular weight excluding hydrogens is 431 g/mol. The Morgan fingerprint density at radius 1 is 1.20 bits per heavy atom. The summed E-state index contributed by atoms with van der Waals surface area (Å²) in [5.74, 6) is 1.15. The van der Waals surface area contributed by atoms with Gasteiger partial charge in [-0.1, -0.05) is 30.3 Å². The second-order valence-electron chi connectivity index (χ2n) is 5.85. The largest absolute Gasteiger partial charge is 0.375 e. The lowest BCUT2D eigenvalue weighted by atomic mass is 10.1. The zero-order valence-electron chi connectivity index (χ0n) is 15.0. The third kappa shape index (κ3) is 8.04. The smallest absolute Gasteiger partial charge is 0.223 e. The van der Waals surface area contributed by atoms with Crippen molar-refractivity contribution in [1.29, 1.82) is 0 Å². The van der Waals surface area contributed by atoms with Crippen LogP contribution < -0.4 is 16.0 Å². The van der Waals surface area contributed by atoms with Crippen molar-refractivity contribution < 1.29 is 9.53 Å². The Hall–Kier alpha value is -1.35. The maximum absolute atomic E-state index is 11.6. The van der Waals surface area contributed by atoms with Gasteiger partial charge in [0.25, 0.3) is 0 Å². The maximum atomic E-state index is 11.6. The number of aliphatic imine (C=N–C) groups is 1. The first kappa shape index (κ1) is 21.7. The Balaban J connectivity index is 0.00000312. The average Bonchev–Trinajstić information content (AvgIpc) is 3.45. The van der Waals surface area contributed by atoms with Crippen molar-refractivity contribution in [2.75, 3.05) is 33.3 Å². The van der Waals surface area contributed by atoms with Crippen LogP contribution in [0.2, 0.25) is 0 Å². The molecule has 0 saturated heterocycles. The number of ether oxygens (including phenoxy) is 1. The van der Waals surface area contributed by atoms with Gasteiger partial charge < -0.3 is 20.7 Å². The minimum Gasteiger partial charge on any atom is -0.375 e. The minimum atomic E-state index is -0.0729. The number of carbonyl (C=O) groups excluding carboxylic acids is 1. The van der Waals surface area contributed by atoms with Gasteiger partial charge in [-0.3, -0.25) is 9.79 Å². The van der Waals surface area contributed by atoms with Crippen LogP contribution in [0.5, 0.6) is 0 Å². The zero-order valence-corrected chi connectivity index (χ0v) is 17.3. The number of rotatable bonds is 9. The molecule has 1 aromatic carbocycles. The molecule has 2 rings (SSSR count). The van der Waals surface area contributed by atoms with E-state index in [1.165, 1.54) is 0 Å². The Kier molecular flexibility index (Phi) is 10.5. The first-order valence-corrected chi connectivity index (χ1v) is 8.62. The maximum Gasteiger partial charge on any atom is 0.223 e. The van der Waals surface area contributed by atoms with Crippen molar-refractivity contribution in [2.24, 2.45) is 10.9 Å². The summed E-state index contributed by atoms with van der Waals surface area (Å²) >= 11 is 0. The van der Waals surface area contributed by atoms with E-state index in [2.05, 4.69) is 20.9 Å². The molecule has 0 spiro atoms. The van der Waals surface area contributed by atoms with E-state index in [-0.39, 0.29) is 41.9 Å². The molecular formula is C18H29IN4O2. The number of guanidine groups is 1. The van der Waals surface area contributed by atoms with Gasteiger partial charge in [-0.2, -0.15) is 0 Å². The standard InChI is InChI=1S/C18H28N4O2.HI/c1-3-19-18(21-12-11-20-17(23)15-9-10-15)22-13-16(24-2)14-7-5-4-6-8-14;/h4-8,15-16H,3,9-13H2,1-2H3,(H,20,23)(H2,19,21,22);1H. The third-order valence-electron chi connectivity index (χ3n) is 3.88. The summed E-state index contributed by atoms with van der Waals surface area (Å²) in [6.45, 7) is 4.59. The van der Waals surface area contributed by atoms with Crippen LogP contribution in [0.15, 0.2) is 35.3 Å². The van der Waals surface area contributed by atoms with Gasteiger partial charge in [0.1, 0.15) is 6.10 Å².